The van der Waals surface area contributed by atoms with Crippen molar-refractivity contribution in [2.24, 2.45) is 0 Å². The molecule has 172 valence electrons. The van der Waals surface area contributed by atoms with E-state index in [1.165, 1.54) is 36.9 Å². The van der Waals surface area contributed by atoms with E-state index < -0.39 is 0 Å². The van der Waals surface area contributed by atoms with Crippen molar-refractivity contribution >= 4 is 42.5 Å². The Labute approximate surface area is 213 Å². The zero-order chi connectivity index (χ0) is 24.2. The van der Waals surface area contributed by atoms with Crippen molar-refractivity contribution in [2.45, 2.75) is 13.8 Å². The minimum atomic E-state index is 0.903. The maximum Gasteiger partial charge on any atom is 0.147 e. The zero-order valence-corrected chi connectivity index (χ0v) is 20.9. The van der Waals surface area contributed by atoms with E-state index in [2.05, 4.69) is 114 Å². The van der Waals surface area contributed by atoms with Crippen LogP contribution in [0.5, 0.6) is 0 Å². The molecule has 0 unspecified atom stereocenters. The van der Waals surface area contributed by atoms with Crippen LogP contribution in [0.4, 0.5) is 0 Å². The molecular weight excluding hydrogens is 458 g/mol. The van der Waals surface area contributed by atoms with Crippen LogP contribution >= 0.6 is 11.3 Å². The largest absolute Gasteiger partial charge is 0.292 e. The summed E-state index contributed by atoms with van der Waals surface area (Å²) in [6, 6.07) is 34.5. The Balaban J connectivity index is 1.53. The second-order valence-corrected chi connectivity index (χ2v) is 10.3. The molecule has 0 N–H and O–H groups in total. The fourth-order valence-corrected chi connectivity index (χ4v) is 6.46. The maximum atomic E-state index is 5.12. The van der Waals surface area contributed by atoms with Gasteiger partial charge in [0.25, 0.3) is 0 Å². The van der Waals surface area contributed by atoms with Gasteiger partial charge in [-0.2, -0.15) is 0 Å². The van der Waals surface area contributed by atoms with Crippen LogP contribution in [0.25, 0.3) is 59.4 Å². The summed E-state index contributed by atoms with van der Waals surface area (Å²) in [5.41, 5.74) is 8.97. The molecule has 3 aromatic heterocycles. The Kier molecular flexibility index (Phi) is 4.76. The fraction of sp³-hybridized carbons (Fsp3) is 0.0625. The van der Waals surface area contributed by atoms with Crippen LogP contribution in [0, 0.1) is 13.8 Å². The summed E-state index contributed by atoms with van der Waals surface area (Å²) in [5, 5.41) is 2.61. The Hall–Kier alpha value is -4.28. The van der Waals surface area contributed by atoms with Gasteiger partial charge in [0.05, 0.1) is 11.7 Å². The number of benzene rings is 4. The molecule has 0 saturated heterocycles. The number of hydrogen-bond donors (Lipinski definition) is 0. The molecule has 4 heteroatoms. The quantitative estimate of drug-likeness (QED) is 0.253. The molecule has 4 aromatic carbocycles. The van der Waals surface area contributed by atoms with Crippen molar-refractivity contribution < 1.29 is 0 Å². The van der Waals surface area contributed by atoms with Crippen LogP contribution in [0.1, 0.15) is 11.3 Å². The smallest absolute Gasteiger partial charge is 0.147 e. The molecule has 3 heterocycles. The van der Waals surface area contributed by atoms with Crippen LogP contribution in [0.15, 0.2) is 103 Å². The molecule has 0 atom stereocenters. The predicted molar refractivity (Wildman–Crippen MR) is 152 cm³/mol. The van der Waals surface area contributed by atoms with Gasteiger partial charge in [-0.25, -0.2) is 4.98 Å². The number of fused-ring (bicyclic) bond motifs is 4. The molecule has 7 aromatic rings. The molecule has 0 spiro atoms. The van der Waals surface area contributed by atoms with Crippen molar-refractivity contribution in [2.75, 3.05) is 0 Å². The first kappa shape index (κ1) is 21.0. The molecule has 0 saturated carbocycles. The van der Waals surface area contributed by atoms with Crippen molar-refractivity contribution in [3.05, 3.63) is 115 Å². The van der Waals surface area contributed by atoms with Gasteiger partial charge in [-0.05, 0) is 60.9 Å². The molecule has 36 heavy (non-hydrogen) atoms. The lowest BCUT2D eigenvalue weighted by Crippen LogP contribution is -1.98. The van der Waals surface area contributed by atoms with Crippen LogP contribution in [-0.4, -0.2) is 14.5 Å². The van der Waals surface area contributed by atoms with E-state index in [0.717, 1.165) is 33.8 Å². The molecule has 0 bridgehead atoms. The molecule has 0 aliphatic carbocycles. The van der Waals surface area contributed by atoms with Crippen LogP contribution in [0.3, 0.4) is 0 Å². The minimum Gasteiger partial charge on any atom is -0.292 e. The lowest BCUT2D eigenvalue weighted by Gasteiger charge is -2.11. The summed E-state index contributed by atoms with van der Waals surface area (Å²) in [6.45, 7) is 4.23. The number of aromatic nitrogens is 3. The average Bonchev–Trinajstić information content (AvgIpc) is 3.48. The minimum absolute atomic E-state index is 0.903. The number of rotatable bonds is 3. The zero-order valence-electron chi connectivity index (χ0n) is 20.1. The second kappa shape index (κ2) is 8.14. The van der Waals surface area contributed by atoms with Crippen molar-refractivity contribution in [1.82, 2.24) is 14.5 Å². The molecular formula is C32H23N3S. The highest BCUT2D eigenvalue weighted by Crippen LogP contribution is 2.43. The third-order valence-electron chi connectivity index (χ3n) is 6.87. The molecule has 0 aliphatic rings. The fourth-order valence-electron chi connectivity index (χ4n) is 5.13. The van der Waals surface area contributed by atoms with Crippen LogP contribution < -0.4 is 0 Å². The van der Waals surface area contributed by atoms with E-state index in [4.69, 9.17) is 4.98 Å². The molecule has 0 amide bonds. The Bertz CT molecular complexity index is 1900. The Morgan fingerprint density at radius 3 is 2.33 bits per heavy atom. The highest BCUT2D eigenvalue weighted by atomic mass is 32.1. The van der Waals surface area contributed by atoms with Crippen molar-refractivity contribution in [3.63, 3.8) is 0 Å². The number of thiophene rings is 1. The van der Waals surface area contributed by atoms with Gasteiger partial charge in [0.2, 0.25) is 0 Å². The van der Waals surface area contributed by atoms with E-state index in [1.807, 2.05) is 24.5 Å². The van der Waals surface area contributed by atoms with Gasteiger partial charge in [-0.3, -0.25) is 9.55 Å². The highest BCUT2D eigenvalue weighted by molar-refractivity contribution is 7.26. The van der Waals surface area contributed by atoms with Gasteiger partial charge >= 0.3 is 0 Å². The van der Waals surface area contributed by atoms with Crippen molar-refractivity contribution in [3.8, 4) is 28.2 Å². The van der Waals surface area contributed by atoms with Gasteiger partial charge < -0.3 is 0 Å². The van der Waals surface area contributed by atoms with Crippen LogP contribution in [-0.2, 0) is 0 Å². The number of nitrogens with zero attached hydrogens (tertiary/aromatic N) is 3. The third-order valence-corrected chi connectivity index (χ3v) is 8.05. The highest BCUT2D eigenvalue weighted by Gasteiger charge is 2.20. The summed E-state index contributed by atoms with van der Waals surface area (Å²) in [7, 11) is 0. The third kappa shape index (κ3) is 3.26. The summed E-state index contributed by atoms with van der Waals surface area (Å²) in [5.74, 6) is 0.948. The first-order valence-electron chi connectivity index (χ1n) is 12.1. The summed E-state index contributed by atoms with van der Waals surface area (Å²) < 4.78 is 4.84. The van der Waals surface area contributed by atoms with Crippen molar-refractivity contribution in [1.29, 1.82) is 0 Å². The SMILES string of the molecule is Cc1cc2c(cn1)nc(-c1ccc(C)c3c1sc1cc(-c4ccccc4)ccc13)n2-c1ccccc1. The predicted octanol–water partition coefficient (Wildman–Crippen LogP) is 8.74. The topological polar surface area (TPSA) is 30.7 Å². The number of aryl methyl sites for hydroxylation is 2. The Morgan fingerprint density at radius 2 is 1.53 bits per heavy atom. The number of hydrogen-bond acceptors (Lipinski definition) is 3. The summed E-state index contributed by atoms with van der Waals surface area (Å²) in [6.07, 6.45) is 1.88. The summed E-state index contributed by atoms with van der Waals surface area (Å²) >= 11 is 1.85. The molecule has 3 nitrogen and oxygen atoms in total. The van der Waals surface area contributed by atoms with Gasteiger partial charge in [0.15, 0.2) is 0 Å². The Morgan fingerprint density at radius 1 is 0.750 bits per heavy atom. The lowest BCUT2D eigenvalue weighted by molar-refractivity contribution is 1.10. The lowest BCUT2D eigenvalue weighted by atomic mass is 10.0. The molecule has 7 rings (SSSR count). The average molecular weight is 482 g/mol. The second-order valence-electron chi connectivity index (χ2n) is 9.23. The van der Waals surface area contributed by atoms with E-state index in [0.29, 0.717) is 0 Å². The molecule has 0 radical (unpaired) electrons. The monoisotopic (exact) mass is 481 g/mol. The number of pyridine rings is 1. The number of para-hydroxylation sites is 1. The first-order chi connectivity index (χ1) is 17.7. The van der Waals surface area contributed by atoms with Crippen LogP contribution in [0.2, 0.25) is 0 Å². The van der Waals surface area contributed by atoms with Gasteiger partial charge in [0, 0.05) is 37.1 Å². The van der Waals surface area contributed by atoms with Gasteiger partial charge in [-0.1, -0.05) is 66.7 Å². The first-order valence-corrected chi connectivity index (χ1v) is 12.9. The standard InChI is InChI=1S/C32H23N3S/c1-20-13-15-26(31-30(20)25-16-14-23(18-29(25)36-31)22-9-5-3-6-10-22)32-34-27-19-33-21(2)17-28(27)35(32)24-11-7-4-8-12-24/h3-19H,1-2H3. The maximum absolute atomic E-state index is 5.12. The van der Waals surface area contributed by atoms with Gasteiger partial charge in [-0.15, -0.1) is 11.3 Å². The number of imidazole rings is 1. The normalized spacial score (nSPS) is 11.6. The van der Waals surface area contributed by atoms with E-state index in [1.54, 1.807) is 0 Å². The van der Waals surface area contributed by atoms with Gasteiger partial charge in [0.1, 0.15) is 11.3 Å². The van der Waals surface area contributed by atoms with E-state index in [9.17, 15) is 0 Å². The molecule has 0 fully saturated rings. The summed E-state index contributed by atoms with van der Waals surface area (Å²) in [4.78, 5) is 9.65. The molecule has 0 aliphatic heterocycles. The van der Waals surface area contributed by atoms with E-state index >= 15 is 0 Å². The van der Waals surface area contributed by atoms with E-state index in [-0.39, 0.29) is 0 Å².